The van der Waals surface area contributed by atoms with Crippen LogP contribution in [0.5, 0.6) is 0 Å². The molecule has 0 atom stereocenters. The largest absolute Gasteiger partial charge is 0.463 e. The minimum Gasteiger partial charge on any atom is -0.463 e. The maximum absolute atomic E-state index is 10.8. The molecule has 0 saturated heterocycles. The fourth-order valence-corrected chi connectivity index (χ4v) is 3.13. The van der Waals surface area contributed by atoms with Crippen molar-refractivity contribution < 1.29 is 13.8 Å². The summed E-state index contributed by atoms with van der Waals surface area (Å²) in [6.45, 7) is 0. The van der Waals surface area contributed by atoms with Gasteiger partial charge in [0.1, 0.15) is 17.2 Å². The SMILES string of the molecule is O=[N+]([O-])c1ccc(-c2ccc(C=Nc3c(-c4ccco4)nc4ccccn34)o2)cc1. The summed E-state index contributed by atoms with van der Waals surface area (Å²) in [6.07, 6.45) is 5.08. The van der Waals surface area contributed by atoms with Gasteiger partial charge < -0.3 is 8.83 Å². The molecule has 4 heterocycles. The van der Waals surface area contributed by atoms with Gasteiger partial charge in [-0.3, -0.25) is 14.5 Å². The molecule has 5 aromatic rings. The van der Waals surface area contributed by atoms with Crippen LogP contribution in [-0.4, -0.2) is 20.5 Å². The number of aliphatic imine (C=N–C) groups is 1. The minimum absolute atomic E-state index is 0.0326. The highest BCUT2D eigenvalue weighted by molar-refractivity contribution is 5.83. The summed E-state index contributed by atoms with van der Waals surface area (Å²) in [5, 5.41) is 10.8. The summed E-state index contributed by atoms with van der Waals surface area (Å²) in [5.41, 5.74) is 2.16. The number of nitrogens with zero attached hydrogens (tertiary/aromatic N) is 4. The summed E-state index contributed by atoms with van der Waals surface area (Å²) in [4.78, 5) is 19.6. The first-order valence-corrected chi connectivity index (χ1v) is 9.09. The molecule has 4 aromatic heterocycles. The third kappa shape index (κ3) is 3.16. The number of rotatable bonds is 5. The molecule has 30 heavy (non-hydrogen) atoms. The van der Waals surface area contributed by atoms with Crippen LogP contribution < -0.4 is 0 Å². The molecule has 0 fully saturated rings. The van der Waals surface area contributed by atoms with E-state index < -0.39 is 4.92 Å². The molecular formula is C22H14N4O4. The van der Waals surface area contributed by atoms with Gasteiger partial charge in [-0.1, -0.05) is 6.07 Å². The van der Waals surface area contributed by atoms with Crippen molar-refractivity contribution in [3.8, 4) is 22.8 Å². The highest BCUT2D eigenvalue weighted by Crippen LogP contribution is 2.31. The third-order valence-corrected chi connectivity index (χ3v) is 4.56. The van der Waals surface area contributed by atoms with Crippen LogP contribution in [-0.2, 0) is 0 Å². The maximum Gasteiger partial charge on any atom is 0.269 e. The van der Waals surface area contributed by atoms with E-state index >= 15 is 0 Å². The van der Waals surface area contributed by atoms with E-state index in [0.717, 1.165) is 11.2 Å². The Bertz CT molecular complexity index is 1360. The van der Waals surface area contributed by atoms with Crippen LogP contribution in [0.4, 0.5) is 11.5 Å². The first kappa shape index (κ1) is 17.6. The first-order valence-electron chi connectivity index (χ1n) is 9.09. The van der Waals surface area contributed by atoms with E-state index in [9.17, 15) is 10.1 Å². The number of nitro benzene ring substituents is 1. The number of imidazole rings is 1. The van der Waals surface area contributed by atoms with Gasteiger partial charge in [0, 0.05) is 23.9 Å². The van der Waals surface area contributed by atoms with E-state index in [-0.39, 0.29) is 5.69 Å². The van der Waals surface area contributed by atoms with E-state index in [4.69, 9.17) is 8.83 Å². The summed E-state index contributed by atoms with van der Waals surface area (Å²) in [6, 6.07) is 19.1. The molecule has 1 aromatic carbocycles. The quantitative estimate of drug-likeness (QED) is 0.221. The van der Waals surface area contributed by atoms with Crippen molar-refractivity contribution in [3.05, 3.63) is 95.1 Å². The Morgan fingerprint density at radius 2 is 1.87 bits per heavy atom. The Hall–Kier alpha value is -4.46. The van der Waals surface area contributed by atoms with Crippen LogP contribution in [0.25, 0.3) is 28.4 Å². The molecule has 8 nitrogen and oxygen atoms in total. The summed E-state index contributed by atoms with van der Waals surface area (Å²) < 4.78 is 13.2. The lowest BCUT2D eigenvalue weighted by atomic mass is 10.1. The number of benzene rings is 1. The Morgan fingerprint density at radius 3 is 2.63 bits per heavy atom. The molecule has 5 rings (SSSR count). The van der Waals surface area contributed by atoms with Crippen molar-refractivity contribution in [3.63, 3.8) is 0 Å². The number of hydrogen-bond acceptors (Lipinski definition) is 6. The van der Waals surface area contributed by atoms with Crippen molar-refractivity contribution in [1.82, 2.24) is 9.38 Å². The average molecular weight is 398 g/mol. The highest BCUT2D eigenvalue weighted by Gasteiger charge is 2.15. The molecule has 0 spiro atoms. The van der Waals surface area contributed by atoms with Crippen LogP contribution in [0.1, 0.15) is 5.76 Å². The number of nitro groups is 1. The molecule has 0 amide bonds. The van der Waals surface area contributed by atoms with E-state index in [1.165, 1.54) is 12.1 Å². The van der Waals surface area contributed by atoms with Crippen LogP contribution in [0.3, 0.4) is 0 Å². The fourth-order valence-electron chi connectivity index (χ4n) is 3.13. The number of hydrogen-bond donors (Lipinski definition) is 0. The predicted molar refractivity (Wildman–Crippen MR) is 111 cm³/mol. The predicted octanol–water partition coefficient (Wildman–Crippen LogP) is 5.51. The molecule has 0 aliphatic carbocycles. The fraction of sp³-hybridized carbons (Fsp3) is 0. The second-order valence-electron chi connectivity index (χ2n) is 6.45. The Balaban J connectivity index is 1.48. The van der Waals surface area contributed by atoms with Crippen molar-refractivity contribution in [2.45, 2.75) is 0 Å². The van der Waals surface area contributed by atoms with Gasteiger partial charge in [0.15, 0.2) is 17.3 Å². The van der Waals surface area contributed by atoms with E-state index in [1.807, 2.05) is 34.9 Å². The van der Waals surface area contributed by atoms with Gasteiger partial charge in [-0.25, -0.2) is 9.98 Å². The summed E-state index contributed by atoms with van der Waals surface area (Å²) >= 11 is 0. The number of pyridine rings is 1. The molecule has 0 bridgehead atoms. The number of furan rings is 2. The lowest BCUT2D eigenvalue weighted by molar-refractivity contribution is -0.384. The topological polar surface area (TPSA) is 99.1 Å². The zero-order valence-corrected chi connectivity index (χ0v) is 15.5. The second-order valence-corrected chi connectivity index (χ2v) is 6.45. The molecule has 146 valence electrons. The third-order valence-electron chi connectivity index (χ3n) is 4.56. The van der Waals surface area contributed by atoms with Gasteiger partial charge in [0.05, 0.1) is 17.4 Å². The van der Waals surface area contributed by atoms with Crippen molar-refractivity contribution in [2.75, 3.05) is 0 Å². The van der Waals surface area contributed by atoms with E-state index in [2.05, 4.69) is 9.98 Å². The smallest absolute Gasteiger partial charge is 0.269 e. The van der Waals surface area contributed by atoms with E-state index in [1.54, 1.807) is 42.8 Å². The average Bonchev–Trinajstić information content (AvgIpc) is 3.51. The van der Waals surface area contributed by atoms with Gasteiger partial charge in [-0.05, 0) is 48.5 Å². The molecule has 0 radical (unpaired) electrons. The lowest BCUT2D eigenvalue weighted by Gasteiger charge is -1.98. The Labute approximate surface area is 169 Å². The molecule has 0 aliphatic heterocycles. The van der Waals surface area contributed by atoms with Crippen LogP contribution >= 0.6 is 0 Å². The first-order chi connectivity index (χ1) is 14.7. The molecule has 0 unspecified atom stereocenters. The van der Waals surface area contributed by atoms with Gasteiger partial charge in [0.25, 0.3) is 5.69 Å². The van der Waals surface area contributed by atoms with Gasteiger partial charge in [-0.15, -0.1) is 0 Å². The monoisotopic (exact) mass is 398 g/mol. The number of aromatic nitrogens is 2. The molecule has 8 heteroatoms. The Morgan fingerprint density at radius 1 is 1.00 bits per heavy atom. The van der Waals surface area contributed by atoms with Gasteiger partial charge in [-0.2, -0.15) is 0 Å². The van der Waals surface area contributed by atoms with Crippen molar-refractivity contribution in [1.29, 1.82) is 0 Å². The highest BCUT2D eigenvalue weighted by atomic mass is 16.6. The van der Waals surface area contributed by atoms with Crippen LogP contribution in [0, 0.1) is 10.1 Å². The summed E-state index contributed by atoms with van der Waals surface area (Å²) in [5.74, 6) is 2.38. The normalized spacial score (nSPS) is 11.5. The Kier molecular flexibility index (Phi) is 4.21. The zero-order valence-electron chi connectivity index (χ0n) is 15.5. The van der Waals surface area contributed by atoms with E-state index in [0.29, 0.717) is 28.8 Å². The molecule has 0 aliphatic rings. The standard InChI is InChI=1S/C22H14N4O4/c27-26(28)16-8-6-15(7-9-16)18-11-10-17(30-18)14-23-22-21(19-4-3-13-29-19)24-20-5-1-2-12-25(20)22/h1-14H. The molecule has 0 N–H and O–H groups in total. The van der Waals surface area contributed by atoms with Crippen LogP contribution in [0.2, 0.25) is 0 Å². The number of non-ortho nitro benzene ring substituents is 1. The maximum atomic E-state index is 10.8. The minimum atomic E-state index is -0.434. The zero-order chi connectivity index (χ0) is 20.5. The molecular weight excluding hydrogens is 384 g/mol. The lowest BCUT2D eigenvalue weighted by Crippen LogP contribution is -1.86. The molecule has 0 saturated carbocycles. The second kappa shape index (κ2) is 7.17. The van der Waals surface area contributed by atoms with Gasteiger partial charge >= 0.3 is 0 Å². The van der Waals surface area contributed by atoms with Crippen molar-refractivity contribution >= 4 is 23.4 Å². The van der Waals surface area contributed by atoms with Crippen molar-refractivity contribution in [2.24, 2.45) is 4.99 Å². The number of fused-ring (bicyclic) bond motifs is 1. The summed E-state index contributed by atoms with van der Waals surface area (Å²) in [7, 11) is 0. The van der Waals surface area contributed by atoms with Crippen LogP contribution in [0.15, 0.2) is 93.0 Å². The van der Waals surface area contributed by atoms with Gasteiger partial charge in [0.2, 0.25) is 0 Å².